The summed E-state index contributed by atoms with van der Waals surface area (Å²) < 4.78 is 6.45. The molecular formula is C16H14BrClN2O2. The van der Waals surface area contributed by atoms with E-state index in [4.69, 9.17) is 16.3 Å². The van der Waals surface area contributed by atoms with Gasteiger partial charge in [0, 0.05) is 9.50 Å². The Morgan fingerprint density at radius 2 is 2.05 bits per heavy atom. The molecule has 2 rings (SSSR count). The molecule has 1 N–H and O–H groups in total. The first-order valence-corrected chi connectivity index (χ1v) is 7.72. The van der Waals surface area contributed by atoms with Gasteiger partial charge in [-0.25, -0.2) is 5.43 Å². The maximum absolute atomic E-state index is 11.9. The molecule has 0 radical (unpaired) electrons. The molecule has 0 fully saturated rings. The first kappa shape index (κ1) is 16.5. The summed E-state index contributed by atoms with van der Waals surface area (Å²) in [6.45, 7) is 1.65. The van der Waals surface area contributed by atoms with Crippen molar-refractivity contribution in [3.63, 3.8) is 0 Å². The third kappa shape index (κ3) is 5.16. The smallest absolute Gasteiger partial charge is 0.280 e. The van der Waals surface area contributed by atoms with Crippen molar-refractivity contribution in [3.05, 3.63) is 63.6 Å². The predicted molar refractivity (Wildman–Crippen MR) is 91.4 cm³/mol. The standard InChI is InChI=1S/C16H14BrClN2O2/c1-11(22-15-7-5-14(18)6-8-15)16(21)20-19-10-12-3-2-4-13(17)9-12/h2-11H,1H3,(H,20,21)/t11-/m0/s1. The molecule has 0 bridgehead atoms. The average Bonchev–Trinajstić information content (AvgIpc) is 2.49. The van der Waals surface area contributed by atoms with Crippen LogP contribution in [0.2, 0.25) is 5.02 Å². The fourth-order valence-electron chi connectivity index (χ4n) is 1.62. The fraction of sp³-hybridized carbons (Fsp3) is 0.125. The van der Waals surface area contributed by atoms with E-state index in [9.17, 15) is 4.79 Å². The monoisotopic (exact) mass is 380 g/mol. The molecule has 22 heavy (non-hydrogen) atoms. The second-order valence-electron chi connectivity index (χ2n) is 4.50. The second-order valence-corrected chi connectivity index (χ2v) is 5.86. The van der Waals surface area contributed by atoms with Gasteiger partial charge >= 0.3 is 0 Å². The fourth-order valence-corrected chi connectivity index (χ4v) is 2.16. The average molecular weight is 382 g/mol. The Bertz CT molecular complexity index is 674. The lowest BCUT2D eigenvalue weighted by Gasteiger charge is -2.12. The Balaban J connectivity index is 1.87. The van der Waals surface area contributed by atoms with Crippen LogP contribution in [0.1, 0.15) is 12.5 Å². The Hall–Kier alpha value is -1.85. The number of halogens is 2. The van der Waals surface area contributed by atoms with E-state index in [1.807, 2.05) is 24.3 Å². The molecule has 1 amide bonds. The summed E-state index contributed by atoms with van der Waals surface area (Å²) in [5.41, 5.74) is 3.32. The molecule has 4 nitrogen and oxygen atoms in total. The number of hydrogen-bond acceptors (Lipinski definition) is 3. The van der Waals surface area contributed by atoms with Gasteiger partial charge in [-0.15, -0.1) is 0 Å². The first-order chi connectivity index (χ1) is 10.5. The molecule has 0 unspecified atom stereocenters. The van der Waals surface area contributed by atoms with Gasteiger partial charge in [-0.1, -0.05) is 39.7 Å². The van der Waals surface area contributed by atoms with Crippen molar-refractivity contribution >= 4 is 39.7 Å². The second kappa shape index (κ2) is 7.96. The van der Waals surface area contributed by atoms with E-state index in [0.29, 0.717) is 10.8 Å². The molecule has 114 valence electrons. The lowest BCUT2D eigenvalue weighted by Crippen LogP contribution is -2.33. The van der Waals surface area contributed by atoms with Crippen molar-refractivity contribution in [2.75, 3.05) is 0 Å². The summed E-state index contributed by atoms with van der Waals surface area (Å²) in [7, 11) is 0. The van der Waals surface area contributed by atoms with E-state index in [1.165, 1.54) is 0 Å². The van der Waals surface area contributed by atoms with Gasteiger partial charge in [-0.3, -0.25) is 4.79 Å². The van der Waals surface area contributed by atoms with Crippen LogP contribution in [-0.4, -0.2) is 18.2 Å². The van der Waals surface area contributed by atoms with Crippen molar-refractivity contribution in [2.45, 2.75) is 13.0 Å². The van der Waals surface area contributed by atoms with E-state index in [2.05, 4.69) is 26.5 Å². The molecule has 0 aliphatic carbocycles. The zero-order valence-electron chi connectivity index (χ0n) is 11.8. The van der Waals surface area contributed by atoms with Gasteiger partial charge in [-0.2, -0.15) is 5.10 Å². The predicted octanol–water partition coefficient (Wildman–Crippen LogP) is 4.02. The van der Waals surface area contributed by atoms with Crippen LogP contribution in [0.4, 0.5) is 0 Å². The van der Waals surface area contributed by atoms with Gasteiger partial charge in [0.2, 0.25) is 0 Å². The largest absolute Gasteiger partial charge is 0.481 e. The maximum Gasteiger partial charge on any atom is 0.280 e. The Kier molecular flexibility index (Phi) is 5.98. The number of nitrogens with zero attached hydrogens (tertiary/aromatic N) is 1. The lowest BCUT2D eigenvalue weighted by molar-refractivity contribution is -0.127. The van der Waals surface area contributed by atoms with Crippen LogP contribution < -0.4 is 10.2 Å². The van der Waals surface area contributed by atoms with E-state index >= 15 is 0 Å². The summed E-state index contributed by atoms with van der Waals surface area (Å²) >= 11 is 9.16. The highest BCUT2D eigenvalue weighted by Crippen LogP contribution is 2.16. The highest BCUT2D eigenvalue weighted by atomic mass is 79.9. The molecular weight excluding hydrogens is 368 g/mol. The molecule has 2 aromatic carbocycles. The molecule has 0 heterocycles. The molecule has 0 aliphatic heterocycles. The normalized spacial score (nSPS) is 12.1. The van der Waals surface area contributed by atoms with Crippen molar-refractivity contribution in [1.29, 1.82) is 0 Å². The highest BCUT2D eigenvalue weighted by Gasteiger charge is 2.13. The molecule has 0 aliphatic rings. The topological polar surface area (TPSA) is 50.7 Å². The zero-order chi connectivity index (χ0) is 15.9. The van der Waals surface area contributed by atoms with Crippen molar-refractivity contribution in [1.82, 2.24) is 5.43 Å². The number of rotatable bonds is 5. The lowest BCUT2D eigenvalue weighted by atomic mass is 10.2. The number of ether oxygens (including phenoxy) is 1. The first-order valence-electron chi connectivity index (χ1n) is 6.55. The minimum absolute atomic E-state index is 0.332. The minimum atomic E-state index is -0.666. The third-order valence-electron chi connectivity index (χ3n) is 2.73. The summed E-state index contributed by atoms with van der Waals surface area (Å²) in [4.78, 5) is 11.9. The zero-order valence-corrected chi connectivity index (χ0v) is 14.1. The van der Waals surface area contributed by atoms with Crippen LogP contribution in [0.15, 0.2) is 58.1 Å². The molecule has 0 saturated heterocycles. The summed E-state index contributed by atoms with van der Waals surface area (Å²) in [6, 6.07) is 14.4. The molecule has 2 aromatic rings. The van der Waals surface area contributed by atoms with Gasteiger partial charge in [0.1, 0.15) is 5.75 Å². The Labute approximate surface area is 142 Å². The number of nitrogens with one attached hydrogen (secondary N) is 1. The van der Waals surface area contributed by atoms with Crippen molar-refractivity contribution < 1.29 is 9.53 Å². The van der Waals surface area contributed by atoms with E-state index in [1.54, 1.807) is 37.4 Å². The van der Waals surface area contributed by atoms with Crippen LogP contribution in [0, 0.1) is 0 Å². The number of carbonyl (C=O) groups excluding carboxylic acids is 1. The van der Waals surface area contributed by atoms with Crippen molar-refractivity contribution in [3.8, 4) is 5.75 Å². The van der Waals surface area contributed by atoms with Crippen LogP contribution in [0.3, 0.4) is 0 Å². The van der Waals surface area contributed by atoms with Gasteiger partial charge in [-0.05, 0) is 48.9 Å². The summed E-state index contributed by atoms with van der Waals surface area (Å²) in [5.74, 6) is 0.240. The van der Waals surface area contributed by atoms with Gasteiger partial charge in [0.05, 0.1) is 6.21 Å². The number of amides is 1. The SMILES string of the molecule is C[C@H](Oc1ccc(Cl)cc1)C(=O)NN=Cc1cccc(Br)c1. The Morgan fingerprint density at radius 1 is 1.32 bits per heavy atom. The summed E-state index contributed by atoms with van der Waals surface area (Å²) in [5, 5.41) is 4.53. The molecule has 0 aromatic heterocycles. The van der Waals surface area contributed by atoms with Crippen LogP contribution in [0.25, 0.3) is 0 Å². The van der Waals surface area contributed by atoms with Gasteiger partial charge in [0.25, 0.3) is 5.91 Å². The highest BCUT2D eigenvalue weighted by molar-refractivity contribution is 9.10. The van der Waals surface area contributed by atoms with E-state index < -0.39 is 6.10 Å². The van der Waals surface area contributed by atoms with E-state index in [-0.39, 0.29) is 5.91 Å². The quantitative estimate of drug-likeness (QED) is 0.628. The van der Waals surface area contributed by atoms with Crippen LogP contribution >= 0.6 is 27.5 Å². The number of carbonyl (C=O) groups is 1. The minimum Gasteiger partial charge on any atom is -0.481 e. The molecule has 0 spiro atoms. The molecule has 0 saturated carbocycles. The molecule has 1 atom stereocenters. The van der Waals surface area contributed by atoms with Crippen LogP contribution in [-0.2, 0) is 4.79 Å². The van der Waals surface area contributed by atoms with Gasteiger partial charge in [0.15, 0.2) is 6.10 Å². The van der Waals surface area contributed by atoms with Gasteiger partial charge < -0.3 is 4.74 Å². The van der Waals surface area contributed by atoms with Crippen LogP contribution in [0.5, 0.6) is 5.75 Å². The number of benzene rings is 2. The molecule has 6 heteroatoms. The number of hydrogen-bond donors (Lipinski definition) is 1. The maximum atomic E-state index is 11.9. The van der Waals surface area contributed by atoms with Crippen molar-refractivity contribution in [2.24, 2.45) is 5.10 Å². The Morgan fingerprint density at radius 3 is 2.73 bits per heavy atom. The number of hydrazone groups is 1. The van der Waals surface area contributed by atoms with E-state index in [0.717, 1.165) is 10.0 Å². The summed E-state index contributed by atoms with van der Waals surface area (Å²) in [6.07, 6.45) is 0.901. The third-order valence-corrected chi connectivity index (χ3v) is 3.48.